The molecule has 1 aromatic heterocycles. The molecule has 1 aliphatic rings. The van der Waals surface area contributed by atoms with Gasteiger partial charge in [0.15, 0.2) is 11.8 Å². The van der Waals surface area contributed by atoms with E-state index in [-0.39, 0.29) is 5.92 Å². The third-order valence-electron chi connectivity index (χ3n) is 4.45. The quantitative estimate of drug-likeness (QED) is 0.302. The van der Waals surface area contributed by atoms with Gasteiger partial charge in [-0.2, -0.15) is 4.98 Å². The standard InChI is InChI=1S/C19H36N6O3/c1-5-20-18(21-8-6-7-16-23-17(15(2)3)24-28-16)22-13-19(4,26)14-25-9-11-27-12-10-25/h15,26H,5-14H2,1-4H3,(H2,20,21,22). The molecule has 0 aliphatic carbocycles. The molecule has 1 aromatic rings. The minimum absolute atomic E-state index is 0.272. The summed E-state index contributed by atoms with van der Waals surface area (Å²) >= 11 is 0. The molecule has 0 bridgehead atoms. The van der Waals surface area contributed by atoms with Crippen LogP contribution in [0, 0.1) is 0 Å². The van der Waals surface area contributed by atoms with Crippen LogP contribution in [0.2, 0.25) is 0 Å². The molecule has 0 radical (unpaired) electrons. The van der Waals surface area contributed by atoms with Gasteiger partial charge in [-0.1, -0.05) is 19.0 Å². The van der Waals surface area contributed by atoms with E-state index in [1.54, 1.807) is 0 Å². The first kappa shape index (κ1) is 22.6. The van der Waals surface area contributed by atoms with Crippen LogP contribution >= 0.6 is 0 Å². The molecule has 1 atom stereocenters. The highest BCUT2D eigenvalue weighted by Gasteiger charge is 2.25. The number of aromatic nitrogens is 2. The Kier molecular flexibility index (Phi) is 9.14. The zero-order valence-electron chi connectivity index (χ0n) is 17.7. The molecule has 2 rings (SSSR count). The molecule has 0 saturated carbocycles. The second kappa shape index (κ2) is 11.3. The van der Waals surface area contributed by atoms with Crippen molar-refractivity contribution in [1.29, 1.82) is 0 Å². The van der Waals surface area contributed by atoms with Crippen LogP contribution in [0.1, 0.15) is 51.7 Å². The van der Waals surface area contributed by atoms with Gasteiger partial charge < -0.3 is 25.0 Å². The molecule has 0 amide bonds. The molecule has 1 aliphatic heterocycles. The van der Waals surface area contributed by atoms with Crippen molar-refractivity contribution < 1.29 is 14.4 Å². The third-order valence-corrected chi connectivity index (χ3v) is 4.45. The Balaban J connectivity index is 1.75. The van der Waals surface area contributed by atoms with E-state index in [1.165, 1.54) is 0 Å². The predicted molar refractivity (Wildman–Crippen MR) is 109 cm³/mol. The third kappa shape index (κ3) is 8.12. The lowest BCUT2D eigenvalue weighted by molar-refractivity contribution is -0.0179. The van der Waals surface area contributed by atoms with Crippen molar-refractivity contribution >= 4 is 5.96 Å². The van der Waals surface area contributed by atoms with Crippen molar-refractivity contribution in [2.45, 2.75) is 52.1 Å². The fourth-order valence-corrected chi connectivity index (χ4v) is 2.93. The maximum Gasteiger partial charge on any atom is 0.226 e. The smallest absolute Gasteiger partial charge is 0.226 e. The van der Waals surface area contributed by atoms with E-state index in [2.05, 4.69) is 30.7 Å². The average Bonchev–Trinajstić information content (AvgIpc) is 3.13. The summed E-state index contributed by atoms with van der Waals surface area (Å²) in [6, 6.07) is 0. The summed E-state index contributed by atoms with van der Waals surface area (Å²) in [6.07, 6.45) is 1.58. The molecular weight excluding hydrogens is 360 g/mol. The lowest BCUT2D eigenvalue weighted by Crippen LogP contribution is -2.48. The summed E-state index contributed by atoms with van der Waals surface area (Å²) in [5.74, 6) is 2.40. The van der Waals surface area contributed by atoms with Crippen molar-refractivity contribution in [1.82, 2.24) is 25.7 Å². The normalized spacial score (nSPS) is 18.3. The Morgan fingerprint density at radius 3 is 2.71 bits per heavy atom. The number of morpholine rings is 1. The van der Waals surface area contributed by atoms with E-state index >= 15 is 0 Å². The van der Waals surface area contributed by atoms with E-state index in [1.807, 2.05) is 27.7 Å². The largest absolute Gasteiger partial charge is 0.387 e. The highest BCUT2D eigenvalue weighted by atomic mass is 16.5. The number of rotatable bonds is 10. The fraction of sp³-hybridized carbons (Fsp3) is 0.842. The van der Waals surface area contributed by atoms with E-state index in [9.17, 15) is 5.11 Å². The Labute approximate surface area is 167 Å². The number of ether oxygens (including phenoxy) is 1. The van der Waals surface area contributed by atoms with Crippen molar-refractivity contribution in [3.05, 3.63) is 11.7 Å². The Hall–Kier alpha value is -1.71. The van der Waals surface area contributed by atoms with Crippen LogP contribution in [0.25, 0.3) is 0 Å². The zero-order chi connectivity index (χ0) is 20.4. The van der Waals surface area contributed by atoms with Gasteiger partial charge in [0.2, 0.25) is 5.89 Å². The summed E-state index contributed by atoms with van der Waals surface area (Å²) in [7, 11) is 0. The predicted octanol–water partition coefficient (Wildman–Crippen LogP) is 0.764. The Bertz CT molecular complexity index is 596. The van der Waals surface area contributed by atoms with Crippen LogP contribution < -0.4 is 10.6 Å². The van der Waals surface area contributed by atoms with Gasteiger partial charge in [-0.05, 0) is 20.3 Å². The maximum absolute atomic E-state index is 10.7. The van der Waals surface area contributed by atoms with Crippen LogP contribution in [-0.4, -0.2) is 84.2 Å². The van der Waals surface area contributed by atoms with E-state index in [4.69, 9.17) is 9.26 Å². The van der Waals surface area contributed by atoms with Gasteiger partial charge in [0.05, 0.1) is 25.4 Å². The number of aliphatic imine (C=N–C) groups is 1. The lowest BCUT2D eigenvalue weighted by atomic mass is 10.1. The first-order chi connectivity index (χ1) is 13.4. The maximum atomic E-state index is 10.7. The zero-order valence-corrected chi connectivity index (χ0v) is 17.7. The fourth-order valence-electron chi connectivity index (χ4n) is 2.93. The summed E-state index contributed by atoms with van der Waals surface area (Å²) < 4.78 is 10.6. The number of nitrogens with one attached hydrogen (secondary N) is 2. The van der Waals surface area contributed by atoms with Crippen molar-refractivity contribution in [2.24, 2.45) is 4.99 Å². The summed E-state index contributed by atoms with van der Waals surface area (Å²) in [6.45, 7) is 13.5. The van der Waals surface area contributed by atoms with Crippen LogP contribution in [0.5, 0.6) is 0 Å². The van der Waals surface area contributed by atoms with Gasteiger partial charge in [0.1, 0.15) is 0 Å². The van der Waals surface area contributed by atoms with E-state index < -0.39 is 5.60 Å². The highest BCUT2D eigenvalue weighted by Crippen LogP contribution is 2.11. The van der Waals surface area contributed by atoms with Gasteiger partial charge in [0.25, 0.3) is 0 Å². The molecule has 0 aromatic carbocycles. The number of β-amino-alcohol motifs (C(OH)–C–C–N with tert-alkyl or cyclic N) is 1. The molecule has 1 unspecified atom stereocenters. The van der Waals surface area contributed by atoms with Gasteiger partial charge in [-0.25, -0.2) is 0 Å². The number of aryl methyl sites for hydroxylation is 1. The van der Waals surface area contributed by atoms with E-state index in [0.29, 0.717) is 24.9 Å². The number of aliphatic hydroxyl groups is 1. The molecule has 2 heterocycles. The minimum atomic E-state index is -0.878. The van der Waals surface area contributed by atoms with Gasteiger partial charge in [-0.3, -0.25) is 9.89 Å². The van der Waals surface area contributed by atoms with Crippen LogP contribution in [0.3, 0.4) is 0 Å². The molecule has 1 fully saturated rings. The molecule has 1 saturated heterocycles. The first-order valence-corrected chi connectivity index (χ1v) is 10.3. The molecule has 0 spiro atoms. The van der Waals surface area contributed by atoms with E-state index in [0.717, 1.165) is 58.1 Å². The van der Waals surface area contributed by atoms with Crippen LogP contribution in [-0.2, 0) is 11.2 Å². The topological polar surface area (TPSA) is 108 Å². The summed E-state index contributed by atoms with van der Waals surface area (Å²) in [5.41, 5.74) is -0.878. The second-order valence-electron chi connectivity index (χ2n) is 7.81. The molecule has 9 nitrogen and oxygen atoms in total. The van der Waals surface area contributed by atoms with Crippen LogP contribution in [0.15, 0.2) is 9.52 Å². The van der Waals surface area contributed by atoms with Gasteiger partial charge >= 0.3 is 0 Å². The number of nitrogens with zero attached hydrogens (tertiary/aromatic N) is 4. The number of hydrogen-bond donors (Lipinski definition) is 3. The average molecular weight is 397 g/mol. The monoisotopic (exact) mass is 396 g/mol. The first-order valence-electron chi connectivity index (χ1n) is 10.3. The van der Waals surface area contributed by atoms with Gasteiger partial charge in [-0.15, -0.1) is 0 Å². The molecule has 3 N–H and O–H groups in total. The van der Waals surface area contributed by atoms with Crippen molar-refractivity contribution in [3.8, 4) is 0 Å². The lowest BCUT2D eigenvalue weighted by Gasteiger charge is -2.33. The summed E-state index contributed by atoms with van der Waals surface area (Å²) in [4.78, 5) is 11.2. The van der Waals surface area contributed by atoms with Gasteiger partial charge in [0, 0.05) is 45.1 Å². The molecular formula is C19H36N6O3. The highest BCUT2D eigenvalue weighted by molar-refractivity contribution is 5.79. The summed E-state index contributed by atoms with van der Waals surface area (Å²) in [5, 5.41) is 21.2. The minimum Gasteiger partial charge on any atom is -0.387 e. The molecule has 160 valence electrons. The van der Waals surface area contributed by atoms with Crippen molar-refractivity contribution in [2.75, 3.05) is 52.5 Å². The molecule has 28 heavy (non-hydrogen) atoms. The SMILES string of the molecule is CCNC(=NCC(C)(O)CN1CCOCC1)NCCCc1nc(C(C)C)no1. The molecule has 9 heteroatoms. The Morgan fingerprint density at radius 1 is 1.32 bits per heavy atom. The van der Waals surface area contributed by atoms with Crippen LogP contribution in [0.4, 0.5) is 0 Å². The Morgan fingerprint density at radius 2 is 2.07 bits per heavy atom. The number of guanidine groups is 1. The van der Waals surface area contributed by atoms with Crippen molar-refractivity contribution in [3.63, 3.8) is 0 Å². The second-order valence-corrected chi connectivity index (χ2v) is 7.81. The number of hydrogen-bond acceptors (Lipinski definition) is 7.